The number of hydrogen-bond donors (Lipinski definition) is 1. The van der Waals surface area contributed by atoms with Crippen LogP contribution in [0.3, 0.4) is 0 Å². The fraction of sp³-hybridized carbons (Fsp3) is 0.304. The lowest BCUT2D eigenvalue weighted by Crippen LogP contribution is -2.23. The summed E-state index contributed by atoms with van der Waals surface area (Å²) in [5, 5.41) is 12.0. The first-order valence-corrected chi connectivity index (χ1v) is 11.6. The maximum Gasteiger partial charge on any atom is 0.295 e. The molecule has 4 aromatic rings. The van der Waals surface area contributed by atoms with Gasteiger partial charge in [-0.2, -0.15) is 0 Å². The van der Waals surface area contributed by atoms with Gasteiger partial charge in [0.05, 0.1) is 29.0 Å². The molecule has 3 aromatic heterocycles. The van der Waals surface area contributed by atoms with Crippen LogP contribution in [0.4, 0.5) is 5.69 Å². The molecule has 0 aliphatic carbocycles. The summed E-state index contributed by atoms with van der Waals surface area (Å²) in [6.07, 6.45) is 2.52. The topological polar surface area (TPSA) is 99.9 Å². The number of anilines is 1. The largest absolute Gasteiger partial charge is 0.469 e. The number of rotatable bonds is 8. The van der Waals surface area contributed by atoms with Crippen LogP contribution in [0.1, 0.15) is 24.8 Å². The molecule has 0 atom stereocenters. The summed E-state index contributed by atoms with van der Waals surface area (Å²) in [5.74, 6) is 1.31. The Balaban J connectivity index is 1.52. The number of nitrogens with zero attached hydrogens (tertiary/aromatic N) is 5. The highest BCUT2D eigenvalue weighted by atomic mass is 32.2. The second-order valence-electron chi connectivity index (χ2n) is 7.62. The summed E-state index contributed by atoms with van der Waals surface area (Å²) in [4.78, 5) is 25.8. The van der Waals surface area contributed by atoms with Crippen LogP contribution in [0.2, 0.25) is 0 Å². The van der Waals surface area contributed by atoms with E-state index in [1.807, 2.05) is 47.9 Å². The van der Waals surface area contributed by atoms with Crippen molar-refractivity contribution < 1.29 is 9.21 Å². The van der Waals surface area contributed by atoms with Crippen molar-refractivity contribution in [3.8, 4) is 17.1 Å². The zero-order valence-electron chi connectivity index (χ0n) is 19.0. The molecule has 1 amide bonds. The third-order valence-electron chi connectivity index (χ3n) is 5.41. The Labute approximate surface area is 195 Å². The SMILES string of the molecule is CCCn1c(SCC(=O)Nc2c(C)n(C)n(-c3ccccc3)c2=O)nnc1-c1ccoc1C. The zero-order valence-corrected chi connectivity index (χ0v) is 19.8. The van der Waals surface area contributed by atoms with Gasteiger partial charge in [0.15, 0.2) is 11.0 Å². The number of hydrogen-bond acceptors (Lipinski definition) is 6. The van der Waals surface area contributed by atoms with E-state index in [-0.39, 0.29) is 22.9 Å². The number of thioether (sulfide) groups is 1. The number of carbonyl (C=O) groups is 1. The van der Waals surface area contributed by atoms with Gasteiger partial charge in [-0.3, -0.25) is 14.3 Å². The van der Waals surface area contributed by atoms with Gasteiger partial charge < -0.3 is 14.3 Å². The summed E-state index contributed by atoms with van der Waals surface area (Å²) >= 11 is 1.29. The van der Waals surface area contributed by atoms with Gasteiger partial charge in [-0.25, -0.2) is 4.68 Å². The molecular weight excluding hydrogens is 440 g/mol. The quantitative estimate of drug-likeness (QED) is 0.397. The minimum absolute atomic E-state index is 0.103. The lowest BCUT2D eigenvalue weighted by molar-refractivity contribution is -0.113. The molecule has 0 radical (unpaired) electrons. The van der Waals surface area contributed by atoms with Crippen molar-refractivity contribution in [1.82, 2.24) is 24.1 Å². The predicted octanol–water partition coefficient (Wildman–Crippen LogP) is 3.79. The molecule has 10 heteroatoms. The molecule has 0 fully saturated rings. The van der Waals surface area contributed by atoms with Crippen molar-refractivity contribution in [2.24, 2.45) is 7.05 Å². The van der Waals surface area contributed by atoms with Crippen LogP contribution in [0.15, 0.2) is 57.0 Å². The number of aryl methyl sites for hydroxylation is 1. The van der Waals surface area contributed by atoms with Gasteiger partial charge in [0.25, 0.3) is 5.56 Å². The Morgan fingerprint density at radius 3 is 2.58 bits per heavy atom. The van der Waals surface area contributed by atoms with Crippen LogP contribution in [-0.4, -0.2) is 35.8 Å². The van der Waals surface area contributed by atoms with Crippen LogP contribution < -0.4 is 10.9 Å². The average molecular weight is 467 g/mol. The van der Waals surface area contributed by atoms with Crippen LogP contribution in [0, 0.1) is 13.8 Å². The fourth-order valence-electron chi connectivity index (χ4n) is 3.65. The molecule has 33 heavy (non-hydrogen) atoms. The molecule has 1 N–H and O–H groups in total. The van der Waals surface area contributed by atoms with Gasteiger partial charge >= 0.3 is 0 Å². The van der Waals surface area contributed by atoms with Gasteiger partial charge in [-0.1, -0.05) is 36.9 Å². The van der Waals surface area contributed by atoms with E-state index in [9.17, 15) is 9.59 Å². The molecule has 0 saturated heterocycles. The van der Waals surface area contributed by atoms with Crippen molar-refractivity contribution in [2.75, 3.05) is 11.1 Å². The lowest BCUT2D eigenvalue weighted by Gasteiger charge is -2.08. The minimum Gasteiger partial charge on any atom is -0.469 e. The van der Waals surface area contributed by atoms with Crippen molar-refractivity contribution >= 4 is 23.4 Å². The monoisotopic (exact) mass is 466 g/mol. The highest BCUT2D eigenvalue weighted by Gasteiger charge is 2.20. The van der Waals surface area contributed by atoms with Gasteiger partial charge in [0.2, 0.25) is 5.91 Å². The van der Waals surface area contributed by atoms with Crippen molar-refractivity contribution in [3.63, 3.8) is 0 Å². The molecule has 0 aliphatic heterocycles. The van der Waals surface area contributed by atoms with Gasteiger partial charge in [-0.05, 0) is 38.5 Å². The number of carbonyl (C=O) groups excluding carboxylic acids is 1. The molecule has 172 valence electrons. The molecule has 0 spiro atoms. The summed E-state index contributed by atoms with van der Waals surface area (Å²) in [7, 11) is 1.79. The molecule has 0 unspecified atom stereocenters. The first kappa shape index (κ1) is 22.7. The fourth-order valence-corrected chi connectivity index (χ4v) is 4.42. The Bertz CT molecular complexity index is 1330. The third-order valence-corrected chi connectivity index (χ3v) is 6.38. The standard InChI is InChI=1S/C23H26N6O3S/c1-5-12-28-21(18-11-13-32-16(18)3)25-26-23(28)33-14-19(30)24-20-15(2)27(4)29(22(20)31)17-9-7-6-8-10-17/h6-11,13H,5,12,14H2,1-4H3,(H,24,30). The Morgan fingerprint density at radius 1 is 1.15 bits per heavy atom. The van der Waals surface area contributed by atoms with E-state index in [4.69, 9.17) is 4.42 Å². The summed E-state index contributed by atoms with van der Waals surface area (Å²) in [6.45, 7) is 6.48. The summed E-state index contributed by atoms with van der Waals surface area (Å²) in [5.41, 5.74) is 2.29. The molecule has 0 aliphatic rings. The highest BCUT2D eigenvalue weighted by Crippen LogP contribution is 2.27. The molecule has 1 aromatic carbocycles. The predicted molar refractivity (Wildman–Crippen MR) is 128 cm³/mol. The number of amides is 1. The summed E-state index contributed by atoms with van der Waals surface area (Å²) in [6, 6.07) is 11.2. The second kappa shape index (κ2) is 9.53. The molecule has 3 heterocycles. The van der Waals surface area contributed by atoms with Gasteiger partial charge in [0, 0.05) is 13.6 Å². The Kier molecular flexibility index (Phi) is 6.55. The van der Waals surface area contributed by atoms with Crippen LogP contribution in [-0.2, 0) is 18.4 Å². The Morgan fingerprint density at radius 2 is 1.91 bits per heavy atom. The zero-order chi connectivity index (χ0) is 23.5. The van der Waals surface area contributed by atoms with Crippen molar-refractivity contribution in [1.29, 1.82) is 0 Å². The van der Waals surface area contributed by atoms with E-state index in [0.29, 0.717) is 10.9 Å². The van der Waals surface area contributed by atoms with Gasteiger partial charge in [-0.15, -0.1) is 10.2 Å². The number of nitrogens with one attached hydrogen (secondary N) is 1. The lowest BCUT2D eigenvalue weighted by atomic mass is 10.2. The molecule has 4 rings (SSSR count). The number of furan rings is 1. The number of para-hydroxylation sites is 1. The molecule has 0 saturated carbocycles. The molecule has 0 bridgehead atoms. The van der Waals surface area contributed by atoms with E-state index in [1.54, 1.807) is 24.9 Å². The van der Waals surface area contributed by atoms with Crippen LogP contribution >= 0.6 is 11.8 Å². The number of aromatic nitrogens is 5. The highest BCUT2D eigenvalue weighted by molar-refractivity contribution is 7.99. The second-order valence-corrected chi connectivity index (χ2v) is 8.56. The van der Waals surface area contributed by atoms with Crippen LogP contribution in [0.5, 0.6) is 0 Å². The van der Waals surface area contributed by atoms with Crippen LogP contribution in [0.25, 0.3) is 17.1 Å². The van der Waals surface area contributed by atoms with E-state index in [1.165, 1.54) is 16.4 Å². The van der Waals surface area contributed by atoms with E-state index < -0.39 is 0 Å². The first-order valence-electron chi connectivity index (χ1n) is 10.7. The van der Waals surface area contributed by atoms with E-state index in [2.05, 4.69) is 22.4 Å². The normalized spacial score (nSPS) is 11.2. The molecular formula is C23H26N6O3S. The van der Waals surface area contributed by atoms with Crippen molar-refractivity contribution in [3.05, 3.63) is 64.5 Å². The molecule has 9 nitrogen and oxygen atoms in total. The Hall–Kier alpha value is -3.53. The smallest absolute Gasteiger partial charge is 0.295 e. The third kappa shape index (κ3) is 4.38. The first-order chi connectivity index (χ1) is 15.9. The average Bonchev–Trinajstić information content (AvgIpc) is 3.46. The maximum absolute atomic E-state index is 13.0. The van der Waals surface area contributed by atoms with Gasteiger partial charge in [0.1, 0.15) is 11.4 Å². The van der Waals surface area contributed by atoms with E-state index in [0.717, 1.165) is 35.8 Å². The van der Waals surface area contributed by atoms with Crippen molar-refractivity contribution in [2.45, 2.75) is 38.9 Å². The summed E-state index contributed by atoms with van der Waals surface area (Å²) < 4.78 is 10.7. The minimum atomic E-state index is -0.280. The number of benzene rings is 1. The maximum atomic E-state index is 13.0. The van der Waals surface area contributed by atoms with E-state index >= 15 is 0 Å².